The number of amides is 1. The highest BCUT2D eigenvalue weighted by molar-refractivity contribution is 6.47. The van der Waals surface area contributed by atoms with E-state index in [1.54, 1.807) is 20.8 Å². The minimum Gasteiger partial charge on any atom is -0.480 e. The predicted molar refractivity (Wildman–Crippen MR) is 88.8 cm³/mol. The maximum atomic E-state index is 12.3. The topological polar surface area (TPSA) is 85.3 Å². The number of rotatable bonds is 2. The van der Waals surface area contributed by atoms with Crippen LogP contribution in [0.25, 0.3) is 0 Å². The summed E-state index contributed by atoms with van der Waals surface area (Å²) in [6, 6.07) is -0.927. The molecule has 2 rings (SSSR count). The molecule has 7 nitrogen and oxygen atoms in total. The monoisotopic (exact) mass is 341 g/mol. The molecule has 0 radical (unpaired) electrons. The molecule has 2 atom stereocenters. The molecule has 1 N–H and O–H groups in total. The van der Waals surface area contributed by atoms with E-state index in [1.807, 2.05) is 27.7 Å². The molecule has 0 aromatic heterocycles. The molecule has 2 aliphatic rings. The van der Waals surface area contributed by atoms with E-state index >= 15 is 0 Å². The smallest absolute Gasteiger partial charge is 0.463 e. The lowest BCUT2D eigenvalue weighted by Crippen LogP contribution is -2.43. The van der Waals surface area contributed by atoms with E-state index < -0.39 is 42.0 Å². The van der Waals surface area contributed by atoms with Crippen LogP contribution in [0.4, 0.5) is 4.79 Å². The number of carboxylic acids is 1. The first-order valence-corrected chi connectivity index (χ1v) is 8.31. The number of ether oxygens (including phenoxy) is 1. The Morgan fingerprint density at radius 3 is 2.08 bits per heavy atom. The largest absolute Gasteiger partial charge is 0.480 e. The van der Waals surface area contributed by atoms with Crippen LogP contribution in [0.1, 0.15) is 54.9 Å². The van der Waals surface area contributed by atoms with E-state index in [1.165, 1.54) is 4.90 Å². The Bertz CT molecular complexity index is 511. The van der Waals surface area contributed by atoms with Crippen molar-refractivity contribution in [2.45, 2.75) is 83.5 Å². The van der Waals surface area contributed by atoms with Crippen LogP contribution in [-0.2, 0) is 18.8 Å². The van der Waals surface area contributed by atoms with Crippen molar-refractivity contribution in [1.29, 1.82) is 0 Å². The third kappa shape index (κ3) is 3.69. The van der Waals surface area contributed by atoms with Gasteiger partial charge in [-0.3, -0.25) is 4.90 Å². The first-order chi connectivity index (χ1) is 10.7. The molecule has 0 aromatic rings. The zero-order chi connectivity index (χ0) is 18.5. The zero-order valence-corrected chi connectivity index (χ0v) is 15.6. The average molecular weight is 341 g/mol. The van der Waals surface area contributed by atoms with E-state index in [4.69, 9.17) is 14.0 Å². The molecule has 2 saturated heterocycles. The van der Waals surface area contributed by atoms with Crippen LogP contribution in [-0.4, -0.2) is 58.6 Å². The van der Waals surface area contributed by atoms with Gasteiger partial charge >= 0.3 is 19.2 Å². The summed E-state index contributed by atoms with van der Waals surface area (Å²) < 4.78 is 17.4. The number of hydrogen-bond donors (Lipinski definition) is 1. The fraction of sp³-hybridized carbons (Fsp3) is 0.875. The highest BCUT2D eigenvalue weighted by Crippen LogP contribution is 2.43. The van der Waals surface area contributed by atoms with Crippen LogP contribution in [0.5, 0.6) is 0 Å². The molecule has 2 fully saturated rings. The van der Waals surface area contributed by atoms with Gasteiger partial charge in [0.25, 0.3) is 0 Å². The molecule has 0 aliphatic carbocycles. The lowest BCUT2D eigenvalue weighted by molar-refractivity contribution is -0.142. The highest BCUT2D eigenvalue weighted by Gasteiger charge is 2.57. The Morgan fingerprint density at radius 2 is 1.67 bits per heavy atom. The second-order valence-electron chi connectivity index (χ2n) is 8.61. The van der Waals surface area contributed by atoms with Crippen LogP contribution in [0.15, 0.2) is 0 Å². The molecule has 2 unspecified atom stereocenters. The molecule has 0 spiro atoms. The zero-order valence-electron chi connectivity index (χ0n) is 15.6. The quantitative estimate of drug-likeness (QED) is 0.777. The van der Waals surface area contributed by atoms with Gasteiger partial charge in [0.15, 0.2) is 0 Å². The van der Waals surface area contributed by atoms with Crippen molar-refractivity contribution in [1.82, 2.24) is 4.90 Å². The van der Waals surface area contributed by atoms with Crippen molar-refractivity contribution in [2.24, 2.45) is 0 Å². The van der Waals surface area contributed by atoms with Crippen molar-refractivity contribution in [3.05, 3.63) is 0 Å². The minimum absolute atomic E-state index is 0.209. The molecular weight excluding hydrogens is 313 g/mol. The molecule has 136 valence electrons. The summed E-state index contributed by atoms with van der Waals surface area (Å²) in [5.74, 6) is -1.25. The number of carbonyl (C=O) groups excluding carboxylic acids is 1. The number of carboxylic acid groups (broad SMARTS) is 1. The standard InChI is InChI=1S/C16H28BNO6/c1-14(2,3)22-13(21)18-9-10(8-11(18)12(19)20)17-23-15(4,5)16(6,7)24-17/h10-11H,8-9H2,1-7H3,(H,19,20). The molecule has 8 heteroatoms. The molecular formula is C16H28BNO6. The van der Waals surface area contributed by atoms with Gasteiger partial charge in [-0.05, 0) is 54.9 Å². The van der Waals surface area contributed by atoms with Gasteiger partial charge < -0.3 is 19.2 Å². The van der Waals surface area contributed by atoms with Gasteiger partial charge in [-0.15, -0.1) is 0 Å². The fourth-order valence-electron chi connectivity index (χ4n) is 2.90. The Labute approximate surface area is 143 Å². The molecule has 2 aliphatic heterocycles. The number of carbonyl (C=O) groups is 2. The molecule has 0 aromatic carbocycles. The molecule has 2 heterocycles. The second kappa shape index (κ2) is 5.91. The Balaban J connectivity index is 2.13. The lowest BCUT2D eigenvalue weighted by Gasteiger charge is -2.32. The van der Waals surface area contributed by atoms with Crippen molar-refractivity contribution < 1.29 is 28.7 Å². The minimum atomic E-state index is -1.04. The molecule has 1 amide bonds. The first-order valence-electron chi connectivity index (χ1n) is 8.31. The van der Waals surface area contributed by atoms with Crippen LogP contribution in [0, 0.1) is 0 Å². The number of hydrogen-bond acceptors (Lipinski definition) is 5. The summed E-state index contributed by atoms with van der Waals surface area (Å²) in [7, 11) is -0.538. The summed E-state index contributed by atoms with van der Waals surface area (Å²) in [6.07, 6.45) is -0.334. The van der Waals surface area contributed by atoms with Crippen LogP contribution < -0.4 is 0 Å². The third-order valence-corrected chi connectivity index (χ3v) is 4.90. The average Bonchev–Trinajstić information content (AvgIpc) is 2.87. The SMILES string of the molecule is CC(C)(C)OC(=O)N1CC(B2OC(C)(C)C(C)(C)O2)CC1C(=O)O. The second-order valence-corrected chi connectivity index (χ2v) is 8.61. The fourth-order valence-corrected chi connectivity index (χ4v) is 2.90. The summed E-state index contributed by atoms with van der Waals surface area (Å²) in [5.41, 5.74) is -1.66. The normalized spacial score (nSPS) is 29.0. The van der Waals surface area contributed by atoms with Crippen LogP contribution in [0.3, 0.4) is 0 Å². The van der Waals surface area contributed by atoms with Gasteiger partial charge in [-0.1, -0.05) is 0 Å². The molecule has 24 heavy (non-hydrogen) atoms. The lowest BCUT2D eigenvalue weighted by atomic mass is 9.70. The van der Waals surface area contributed by atoms with E-state index in [0.29, 0.717) is 0 Å². The van der Waals surface area contributed by atoms with Gasteiger partial charge in [0, 0.05) is 12.4 Å². The van der Waals surface area contributed by atoms with Crippen molar-refractivity contribution in [3.63, 3.8) is 0 Å². The van der Waals surface area contributed by atoms with Crippen molar-refractivity contribution >= 4 is 19.2 Å². The Hall–Kier alpha value is -1.28. The summed E-state index contributed by atoms with van der Waals surface area (Å²) >= 11 is 0. The molecule has 0 bridgehead atoms. The Kier molecular flexibility index (Phi) is 4.69. The van der Waals surface area contributed by atoms with Gasteiger partial charge in [0.1, 0.15) is 11.6 Å². The van der Waals surface area contributed by atoms with Gasteiger partial charge in [-0.2, -0.15) is 0 Å². The van der Waals surface area contributed by atoms with E-state index in [-0.39, 0.29) is 18.8 Å². The summed E-state index contributed by atoms with van der Waals surface area (Å²) in [6.45, 7) is 13.3. The van der Waals surface area contributed by atoms with Crippen molar-refractivity contribution in [2.75, 3.05) is 6.54 Å². The molecule has 0 saturated carbocycles. The maximum absolute atomic E-state index is 12.3. The Morgan fingerprint density at radius 1 is 1.17 bits per heavy atom. The summed E-state index contributed by atoms with van der Waals surface area (Å²) in [5, 5.41) is 9.47. The third-order valence-electron chi connectivity index (χ3n) is 4.90. The van der Waals surface area contributed by atoms with Gasteiger partial charge in [0.05, 0.1) is 11.2 Å². The van der Waals surface area contributed by atoms with E-state index in [9.17, 15) is 14.7 Å². The number of likely N-dealkylation sites (tertiary alicyclic amines) is 1. The summed E-state index contributed by atoms with van der Waals surface area (Å²) in [4.78, 5) is 25.2. The van der Waals surface area contributed by atoms with Crippen LogP contribution in [0.2, 0.25) is 5.82 Å². The highest BCUT2D eigenvalue weighted by atomic mass is 16.7. The van der Waals surface area contributed by atoms with E-state index in [0.717, 1.165) is 0 Å². The van der Waals surface area contributed by atoms with Crippen molar-refractivity contribution in [3.8, 4) is 0 Å². The van der Waals surface area contributed by atoms with Gasteiger partial charge in [-0.25, -0.2) is 9.59 Å². The number of aliphatic carboxylic acids is 1. The van der Waals surface area contributed by atoms with E-state index in [2.05, 4.69) is 0 Å². The predicted octanol–water partition coefficient (Wildman–Crippen LogP) is 2.54. The maximum Gasteiger partial charge on any atom is 0.463 e. The first kappa shape index (κ1) is 19.1. The number of nitrogens with zero attached hydrogens (tertiary/aromatic N) is 1. The van der Waals surface area contributed by atoms with Gasteiger partial charge in [0.2, 0.25) is 0 Å². The van der Waals surface area contributed by atoms with Crippen LogP contribution >= 0.6 is 0 Å².